The molecule has 0 radical (unpaired) electrons. The second kappa shape index (κ2) is 35.7. The summed E-state index contributed by atoms with van der Waals surface area (Å²) in [6.45, 7) is 26.1. The standard InChI is InChI=1S/C29H34F3N7O2.C29H33F3N6O2.C27H28F3N7O2/c1-17-9-10-19(12-25(17)39-16-24(35-36-39)22-14-33-38(7)18(22)2)27(40)34-23-13-21(29(30,31)32)11-20(26(23)41-8)15-37(6)28(3,4)5;1-17-8-9-20(13-25(17)38-16-24(35-36-38)22-15-33-37(6)18(22)2)27(39)34-23-14-21(29(30,31)32)12-19(26(23)40-7)10-11-28(3,4)5;1-17-4-5-20(12-25(17)37-16-24(33-34-37)23-14-31-35(3)18(23)2)26(38)32-22-11-19(10-21(13-22)27(28,29)30)15-36-6-8-39-9-7-36/h9-14,16H,15H2,1-8H3,(H,34,40);8-9,12-16H,10-11H2,1-7H3,(H,34,39);4-5,10-14,16H,6-9,15H2,1-3H3,(H,32,38). The van der Waals surface area contributed by atoms with E-state index in [9.17, 15) is 53.9 Å². The summed E-state index contributed by atoms with van der Waals surface area (Å²) >= 11 is 0. The van der Waals surface area contributed by atoms with E-state index < -0.39 is 52.9 Å². The molecule has 13 rings (SSSR count). The number of halogens is 9. The summed E-state index contributed by atoms with van der Waals surface area (Å²) in [7, 11) is 10.1. The Morgan fingerprint density at radius 3 is 1.20 bits per heavy atom. The molecule has 0 unspecified atom stereocenters. The molecule has 0 aliphatic carbocycles. The number of anilines is 3. The molecule has 0 saturated carbocycles. The van der Waals surface area contributed by atoms with Crippen LogP contribution in [0.4, 0.5) is 56.6 Å². The number of ether oxygens (including phenoxy) is 3. The van der Waals surface area contributed by atoms with Crippen LogP contribution in [0.25, 0.3) is 50.8 Å². The largest absolute Gasteiger partial charge is 0.494 e. The number of benzene rings is 6. The molecule has 1 aliphatic heterocycles. The van der Waals surface area contributed by atoms with E-state index in [1.807, 2.05) is 121 Å². The Hall–Kier alpha value is -12.4. The Kier molecular flexibility index (Phi) is 26.3. The van der Waals surface area contributed by atoms with Gasteiger partial charge in [0, 0.05) is 115 Å². The topological polar surface area (TPSA) is 267 Å². The molecule has 1 fully saturated rings. The number of aryl methyl sites for hydroxylation is 7. The molecule has 0 atom stereocenters. The third-order valence-electron chi connectivity index (χ3n) is 20.8. The molecule has 3 amide bonds. The minimum Gasteiger partial charge on any atom is -0.494 e. The third-order valence-corrected chi connectivity index (χ3v) is 20.8. The van der Waals surface area contributed by atoms with Gasteiger partial charge in [0.25, 0.3) is 17.7 Å². The van der Waals surface area contributed by atoms with E-state index >= 15 is 0 Å². The van der Waals surface area contributed by atoms with Crippen molar-refractivity contribution in [1.82, 2.24) is 84.1 Å². The number of hydrogen-bond acceptors (Lipinski definition) is 17. The monoisotopic (exact) mass is 1660 g/mol. The van der Waals surface area contributed by atoms with Crippen molar-refractivity contribution >= 4 is 34.8 Å². The van der Waals surface area contributed by atoms with Crippen molar-refractivity contribution in [3.63, 3.8) is 0 Å². The van der Waals surface area contributed by atoms with Gasteiger partial charge in [-0.3, -0.25) is 38.2 Å². The van der Waals surface area contributed by atoms with Crippen LogP contribution in [0, 0.1) is 47.0 Å². The van der Waals surface area contributed by atoms with Gasteiger partial charge in [-0.05, 0) is 194 Å². The van der Waals surface area contributed by atoms with Crippen molar-refractivity contribution in [2.24, 2.45) is 26.6 Å². The van der Waals surface area contributed by atoms with E-state index in [0.29, 0.717) is 96.5 Å². The van der Waals surface area contributed by atoms with Gasteiger partial charge in [0.05, 0.1) is 110 Å². The fraction of sp³-hybridized carbons (Fsp3) is 0.365. The highest BCUT2D eigenvalue weighted by Gasteiger charge is 2.37. The van der Waals surface area contributed by atoms with Gasteiger partial charge in [-0.2, -0.15) is 54.8 Å². The van der Waals surface area contributed by atoms with E-state index in [4.69, 9.17) is 14.2 Å². The van der Waals surface area contributed by atoms with E-state index in [0.717, 1.165) is 86.9 Å². The van der Waals surface area contributed by atoms with Crippen LogP contribution in [0.5, 0.6) is 11.5 Å². The number of carbonyl (C=O) groups excluding carboxylic acids is 3. The molecule has 1 aliphatic rings. The molecule has 0 spiro atoms. The minimum atomic E-state index is -4.62. The summed E-state index contributed by atoms with van der Waals surface area (Å²) in [5.74, 6) is -1.32. The van der Waals surface area contributed by atoms with Crippen LogP contribution in [0.2, 0.25) is 0 Å². The second-order valence-corrected chi connectivity index (χ2v) is 31.6. The van der Waals surface area contributed by atoms with Crippen LogP contribution >= 0.6 is 0 Å². The maximum Gasteiger partial charge on any atom is 0.416 e. The van der Waals surface area contributed by atoms with Crippen molar-refractivity contribution in [2.75, 3.05) is 63.5 Å². The van der Waals surface area contributed by atoms with E-state index in [1.165, 1.54) is 14.2 Å². The van der Waals surface area contributed by atoms with Crippen LogP contribution in [-0.2, 0) is 63.9 Å². The minimum absolute atomic E-state index is 0.0385. The zero-order chi connectivity index (χ0) is 87.4. The smallest absolute Gasteiger partial charge is 0.416 e. The number of morpholine rings is 1. The Labute approximate surface area is 687 Å². The lowest BCUT2D eigenvalue weighted by molar-refractivity contribution is -0.138. The molecule has 3 N–H and O–H groups in total. The highest BCUT2D eigenvalue weighted by Crippen LogP contribution is 2.43. The fourth-order valence-corrected chi connectivity index (χ4v) is 13.1. The summed E-state index contributed by atoms with van der Waals surface area (Å²) in [6.07, 6.45) is -2.40. The van der Waals surface area contributed by atoms with Crippen molar-refractivity contribution in [1.29, 1.82) is 0 Å². The number of nitrogens with zero attached hydrogens (tertiary/aromatic N) is 17. The molecule has 6 aromatic heterocycles. The van der Waals surface area contributed by atoms with Gasteiger partial charge < -0.3 is 30.2 Å². The van der Waals surface area contributed by atoms with Crippen molar-refractivity contribution in [3.8, 4) is 62.3 Å². The first-order chi connectivity index (χ1) is 56.3. The lowest BCUT2D eigenvalue weighted by atomic mass is 9.88. The molecule has 7 heterocycles. The first kappa shape index (κ1) is 88.4. The van der Waals surface area contributed by atoms with Gasteiger partial charge in [-0.15, -0.1) is 15.3 Å². The average Bonchev–Trinajstić information content (AvgIpc) is 1.25. The van der Waals surface area contributed by atoms with Crippen LogP contribution in [0.15, 0.2) is 134 Å². The van der Waals surface area contributed by atoms with Crippen molar-refractivity contribution in [3.05, 3.63) is 218 Å². The van der Waals surface area contributed by atoms with Crippen LogP contribution in [0.3, 0.4) is 0 Å². The molecule has 634 valence electrons. The van der Waals surface area contributed by atoms with E-state index in [2.05, 4.69) is 62.2 Å². The number of hydrogen-bond donors (Lipinski definition) is 3. The molecule has 120 heavy (non-hydrogen) atoms. The first-order valence-electron chi connectivity index (χ1n) is 38.2. The first-order valence-corrected chi connectivity index (χ1v) is 38.2. The van der Waals surface area contributed by atoms with Gasteiger partial charge in [-0.1, -0.05) is 54.6 Å². The Balaban J connectivity index is 0.000000176. The third kappa shape index (κ3) is 21.0. The molecular formula is C85H95F9N20O6. The van der Waals surface area contributed by atoms with Gasteiger partial charge in [-0.25, -0.2) is 14.0 Å². The second-order valence-electron chi connectivity index (χ2n) is 31.6. The Morgan fingerprint density at radius 2 is 0.850 bits per heavy atom. The number of rotatable bonds is 20. The molecule has 35 heteroatoms. The van der Waals surface area contributed by atoms with E-state index in [-0.39, 0.29) is 62.8 Å². The highest BCUT2D eigenvalue weighted by molar-refractivity contribution is 6.07. The van der Waals surface area contributed by atoms with Crippen LogP contribution in [0.1, 0.15) is 146 Å². The maximum absolute atomic E-state index is 13.9. The normalized spacial score (nSPS) is 12.9. The maximum atomic E-state index is 13.9. The Bertz CT molecular complexity index is 5730. The zero-order valence-electron chi connectivity index (χ0n) is 69.8. The number of methoxy groups -OCH3 is 2. The van der Waals surface area contributed by atoms with Gasteiger partial charge >= 0.3 is 18.5 Å². The molecule has 26 nitrogen and oxygen atoms in total. The summed E-state index contributed by atoms with van der Waals surface area (Å²) < 4.78 is 150. The van der Waals surface area contributed by atoms with Crippen LogP contribution < -0.4 is 25.4 Å². The molecule has 12 aromatic rings. The average molecular weight is 1660 g/mol. The highest BCUT2D eigenvalue weighted by atomic mass is 19.4. The van der Waals surface area contributed by atoms with Crippen molar-refractivity contribution < 1.29 is 68.1 Å². The van der Waals surface area contributed by atoms with Crippen molar-refractivity contribution in [2.45, 2.75) is 133 Å². The van der Waals surface area contributed by atoms with E-state index in [1.54, 1.807) is 126 Å². The molecule has 6 aromatic carbocycles. The molecule has 0 bridgehead atoms. The zero-order valence-corrected chi connectivity index (χ0v) is 69.8. The molecular weight excluding hydrogens is 1570 g/mol. The number of aromatic nitrogens is 15. The summed E-state index contributed by atoms with van der Waals surface area (Å²) in [5, 5.41) is 46.1. The van der Waals surface area contributed by atoms with Crippen LogP contribution in [-0.4, -0.2) is 155 Å². The van der Waals surface area contributed by atoms with Gasteiger partial charge in [0.15, 0.2) is 0 Å². The van der Waals surface area contributed by atoms with Gasteiger partial charge in [0.1, 0.15) is 28.6 Å². The summed E-state index contributed by atoms with van der Waals surface area (Å²) in [4.78, 5) is 43.8. The Morgan fingerprint density at radius 1 is 0.483 bits per heavy atom. The predicted octanol–water partition coefficient (Wildman–Crippen LogP) is 16.7. The fourth-order valence-electron chi connectivity index (χ4n) is 13.1. The number of carbonyl (C=O) groups is 3. The van der Waals surface area contributed by atoms with Gasteiger partial charge in [0.2, 0.25) is 0 Å². The predicted molar refractivity (Wildman–Crippen MR) is 435 cm³/mol. The lowest BCUT2D eigenvalue weighted by Gasteiger charge is -2.32. The number of amides is 3. The summed E-state index contributed by atoms with van der Waals surface area (Å²) in [5.41, 5.74) is 10.4. The lowest BCUT2D eigenvalue weighted by Crippen LogP contribution is -2.37. The summed E-state index contributed by atoms with van der Waals surface area (Å²) in [6, 6.07) is 22.6. The number of alkyl halides is 9. The SMILES string of the molecule is COc1c(CCC(C)(C)C)cc(C(F)(F)F)cc1NC(=O)c1ccc(C)c(-n2cc(-c3cnn(C)c3C)nn2)c1.COc1c(CN(C)C(C)(C)C)cc(C(F)(F)F)cc1NC(=O)c1ccc(C)c(-n2cc(-c3cnn(C)c3C)nn2)c1.Cc1ccc(C(=O)Nc2cc(CN3CCOCC3)cc(C(F)(F)F)c2)cc1-n1cc(-c2cnn(C)c2C)nn1. The quantitative estimate of drug-likeness (QED) is 0.0599. The molecule has 1 saturated heterocycles. The number of nitrogens with one attached hydrogen (secondary N) is 3.